The van der Waals surface area contributed by atoms with Crippen LogP contribution in [-0.4, -0.2) is 49.2 Å². The Kier molecular flexibility index (Phi) is 5.22. The van der Waals surface area contributed by atoms with E-state index in [-0.39, 0.29) is 0 Å². The van der Waals surface area contributed by atoms with E-state index in [9.17, 15) is 0 Å². The van der Waals surface area contributed by atoms with Gasteiger partial charge >= 0.3 is 0 Å². The molecular weight excluding hydrogens is 240 g/mol. The average Bonchev–Trinajstić information content (AvgIpc) is 2.88. The van der Waals surface area contributed by atoms with Crippen LogP contribution in [0.25, 0.3) is 0 Å². The van der Waals surface area contributed by atoms with Gasteiger partial charge in [-0.25, -0.2) is 0 Å². The Labute approximate surface area is 116 Å². The van der Waals surface area contributed by atoms with Crippen molar-refractivity contribution in [3.63, 3.8) is 0 Å². The third kappa shape index (κ3) is 3.70. The molecule has 0 bridgehead atoms. The molecule has 0 amide bonds. The standard InChI is InChI=1S/C14H26N4O/c1-4-6-15-9-12-11-19-14(16-12)18-8-7-17(3)13(5-2)10-18/h11,13,15H,4-10H2,1-3H3. The highest BCUT2D eigenvalue weighted by Crippen LogP contribution is 2.19. The number of anilines is 1. The van der Waals surface area contributed by atoms with Crippen LogP contribution >= 0.6 is 0 Å². The molecule has 1 aromatic heterocycles. The molecule has 2 rings (SSSR count). The van der Waals surface area contributed by atoms with Crippen molar-refractivity contribution in [2.75, 3.05) is 38.1 Å². The summed E-state index contributed by atoms with van der Waals surface area (Å²) in [5.41, 5.74) is 0.996. The van der Waals surface area contributed by atoms with Gasteiger partial charge in [-0.3, -0.25) is 4.90 Å². The second kappa shape index (κ2) is 6.91. The first-order valence-corrected chi connectivity index (χ1v) is 7.34. The van der Waals surface area contributed by atoms with Crippen LogP contribution in [0.2, 0.25) is 0 Å². The molecule has 0 aliphatic carbocycles. The summed E-state index contributed by atoms with van der Waals surface area (Å²) in [7, 11) is 2.20. The molecule has 0 spiro atoms. The van der Waals surface area contributed by atoms with Gasteiger partial charge in [0.1, 0.15) is 6.26 Å². The monoisotopic (exact) mass is 266 g/mol. The lowest BCUT2D eigenvalue weighted by molar-refractivity contribution is 0.209. The van der Waals surface area contributed by atoms with Crippen LogP contribution in [0.5, 0.6) is 0 Å². The fourth-order valence-corrected chi connectivity index (χ4v) is 2.48. The molecule has 0 radical (unpaired) electrons. The van der Waals surface area contributed by atoms with Gasteiger partial charge in [-0.2, -0.15) is 4.98 Å². The fourth-order valence-electron chi connectivity index (χ4n) is 2.48. The predicted octanol–water partition coefficient (Wildman–Crippen LogP) is 1.70. The quantitative estimate of drug-likeness (QED) is 0.794. The minimum atomic E-state index is 0.599. The zero-order valence-corrected chi connectivity index (χ0v) is 12.4. The second-order valence-corrected chi connectivity index (χ2v) is 5.29. The molecule has 1 aliphatic heterocycles. The molecule has 1 aromatic rings. The number of nitrogens with one attached hydrogen (secondary N) is 1. The lowest BCUT2D eigenvalue weighted by Gasteiger charge is -2.38. The molecule has 19 heavy (non-hydrogen) atoms. The van der Waals surface area contributed by atoms with Crippen molar-refractivity contribution in [2.24, 2.45) is 0 Å². The summed E-state index contributed by atoms with van der Waals surface area (Å²) in [6.07, 6.45) is 4.08. The van der Waals surface area contributed by atoms with E-state index >= 15 is 0 Å². The van der Waals surface area contributed by atoms with E-state index < -0.39 is 0 Å². The molecular formula is C14H26N4O. The van der Waals surface area contributed by atoms with Gasteiger partial charge in [-0.05, 0) is 26.4 Å². The van der Waals surface area contributed by atoms with Gasteiger partial charge < -0.3 is 14.6 Å². The molecule has 0 aromatic carbocycles. The second-order valence-electron chi connectivity index (χ2n) is 5.29. The van der Waals surface area contributed by atoms with Crippen molar-refractivity contribution < 1.29 is 4.42 Å². The Balaban J connectivity index is 1.91. The molecule has 1 N–H and O–H groups in total. The average molecular weight is 266 g/mol. The summed E-state index contributed by atoms with van der Waals surface area (Å²) >= 11 is 0. The summed E-state index contributed by atoms with van der Waals surface area (Å²) < 4.78 is 5.62. The maximum Gasteiger partial charge on any atom is 0.297 e. The van der Waals surface area contributed by atoms with Crippen LogP contribution in [0, 0.1) is 0 Å². The normalized spacial score (nSPS) is 21.0. The summed E-state index contributed by atoms with van der Waals surface area (Å²) in [5, 5.41) is 3.35. The summed E-state index contributed by atoms with van der Waals surface area (Å²) in [6.45, 7) is 9.29. The first kappa shape index (κ1) is 14.3. The van der Waals surface area contributed by atoms with Crippen molar-refractivity contribution in [1.82, 2.24) is 15.2 Å². The predicted molar refractivity (Wildman–Crippen MR) is 77.4 cm³/mol. The van der Waals surface area contributed by atoms with Gasteiger partial charge in [0.2, 0.25) is 0 Å². The van der Waals surface area contributed by atoms with Crippen molar-refractivity contribution >= 4 is 6.01 Å². The summed E-state index contributed by atoms with van der Waals surface area (Å²) in [4.78, 5) is 9.26. The number of oxazole rings is 1. The lowest BCUT2D eigenvalue weighted by atomic mass is 10.1. The van der Waals surface area contributed by atoms with Gasteiger partial charge in [0.05, 0.1) is 5.69 Å². The fraction of sp³-hybridized carbons (Fsp3) is 0.786. The van der Waals surface area contributed by atoms with Crippen LogP contribution < -0.4 is 10.2 Å². The smallest absolute Gasteiger partial charge is 0.297 e. The van der Waals surface area contributed by atoms with Crippen LogP contribution in [-0.2, 0) is 6.54 Å². The molecule has 5 heteroatoms. The highest BCUT2D eigenvalue weighted by atomic mass is 16.4. The van der Waals surface area contributed by atoms with E-state index in [1.54, 1.807) is 6.26 Å². The maximum atomic E-state index is 5.62. The molecule has 1 atom stereocenters. The van der Waals surface area contributed by atoms with Gasteiger partial charge in [0.25, 0.3) is 6.01 Å². The Morgan fingerprint density at radius 3 is 3.00 bits per heavy atom. The minimum absolute atomic E-state index is 0.599. The summed E-state index contributed by atoms with van der Waals surface area (Å²) in [5.74, 6) is 0. The highest BCUT2D eigenvalue weighted by Gasteiger charge is 2.25. The minimum Gasteiger partial charge on any atom is -0.432 e. The van der Waals surface area contributed by atoms with Crippen molar-refractivity contribution in [2.45, 2.75) is 39.3 Å². The van der Waals surface area contributed by atoms with Gasteiger partial charge in [-0.15, -0.1) is 0 Å². The summed E-state index contributed by atoms with van der Waals surface area (Å²) in [6, 6.07) is 1.38. The number of nitrogens with zero attached hydrogens (tertiary/aromatic N) is 3. The van der Waals surface area contributed by atoms with E-state index in [4.69, 9.17) is 4.42 Å². The van der Waals surface area contributed by atoms with Crippen LogP contribution in [0.1, 0.15) is 32.4 Å². The largest absolute Gasteiger partial charge is 0.432 e. The third-order valence-electron chi connectivity index (χ3n) is 3.79. The molecule has 108 valence electrons. The van der Waals surface area contributed by atoms with Crippen LogP contribution in [0.3, 0.4) is 0 Å². The van der Waals surface area contributed by atoms with Gasteiger partial charge in [0.15, 0.2) is 0 Å². The highest BCUT2D eigenvalue weighted by molar-refractivity contribution is 5.28. The molecule has 2 heterocycles. The van der Waals surface area contributed by atoms with Crippen LogP contribution in [0.15, 0.2) is 10.7 Å². The number of piperazine rings is 1. The van der Waals surface area contributed by atoms with E-state index in [1.165, 1.54) is 6.42 Å². The van der Waals surface area contributed by atoms with Gasteiger partial charge in [0, 0.05) is 32.2 Å². The van der Waals surface area contributed by atoms with Gasteiger partial charge in [-0.1, -0.05) is 13.8 Å². The Morgan fingerprint density at radius 1 is 1.42 bits per heavy atom. The van der Waals surface area contributed by atoms with Crippen molar-refractivity contribution in [1.29, 1.82) is 0 Å². The Morgan fingerprint density at radius 2 is 2.26 bits per heavy atom. The van der Waals surface area contributed by atoms with E-state index in [0.29, 0.717) is 6.04 Å². The van der Waals surface area contributed by atoms with Crippen molar-refractivity contribution in [3.8, 4) is 0 Å². The van der Waals surface area contributed by atoms with E-state index in [0.717, 1.165) is 50.9 Å². The first-order valence-electron chi connectivity index (χ1n) is 7.34. The van der Waals surface area contributed by atoms with Crippen LogP contribution in [0.4, 0.5) is 6.01 Å². The number of rotatable bonds is 6. The molecule has 1 saturated heterocycles. The molecule has 0 saturated carbocycles. The number of hydrogen-bond donors (Lipinski definition) is 1. The van der Waals surface area contributed by atoms with E-state index in [2.05, 4.69) is 41.0 Å². The third-order valence-corrected chi connectivity index (χ3v) is 3.79. The molecule has 1 unspecified atom stereocenters. The zero-order valence-electron chi connectivity index (χ0n) is 12.4. The van der Waals surface area contributed by atoms with E-state index in [1.807, 2.05) is 0 Å². The molecule has 1 fully saturated rings. The first-order chi connectivity index (χ1) is 9.24. The molecule has 5 nitrogen and oxygen atoms in total. The topological polar surface area (TPSA) is 44.5 Å². The lowest BCUT2D eigenvalue weighted by Crippen LogP contribution is -2.51. The Bertz CT molecular complexity index is 379. The van der Waals surface area contributed by atoms with Crippen molar-refractivity contribution in [3.05, 3.63) is 12.0 Å². The number of likely N-dealkylation sites (N-methyl/N-ethyl adjacent to an activating group) is 1. The SMILES string of the molecule is CCCNCc1coc(N2CCN(C)C(CC)C2)n1. The number of hydrogen-bond acceptors (Lipinski definition) is 5. The number of aromatic nitrogens is 1. The maximum absolute atomic E-state index is 5.62. The Hall–Kier alpha value is -1.07. The zero-order chi connectivity index (χ0) is 13.7. The molecule has 1 aliphatic rings.